The Balaban J connectivity index is 3.37. The van der Waals surface area contributed by atoms with Gasteiger partial charge in [-0.15, -0.1) is 6.58 Å². The number of hydrogen-bond donors (Lipinski definition) is 1. The summed E-state index contributed by atoms with van der Waals surface area (Å²) in [5, 5.41) is 19.9. The zero-order chi connectivity index (χ0) is 11.4. The lowest BCUT2D eigenvalue weighted by Crippen LogP contribution is -2.02. The van der Waals surface area contributed by atoms with Crippen LogP contribution in [0.2, 0.25) is 0 Å². The monoisotopic (exact) mass is 206 g/mol. The van der Waals surface area contributed by atoms with Crippen molar-refractivity contribution in [2.45, 2.75) is 13.5 Å². The Morgan fingerprint density at radius 2 is 2.33 bits per heavy atom. The van der Waals surface area contributed by atoms with Gasteiger partial charge in [-0.3, -0.25) is 10.1 Å². The van der Waals surface area contributed by atoms with Crippen LogP contribution in [0.1, 0.15) is 18.1 Å². The largest absolute Gasteiger partial charge is 0.391 e. The topological polar surface area (TPSA) is 63.4 Å². The predicted molar refractivity (Wildman–Crippen MR) is 57.2 cm³/mol. The van der Waals surface area contributed by atoms with Gasteiger partial charge in [0.1, 0.15) is 0 Å². The van der Waals surface area contributed by atoms with Gasteiger partial charge >= 0.3 is 0 Å². The third-order valence-corrected chi connectivity index (χ3v) is 2.20. The first-order valence-electron chi connectivity index (χ1n) is 4.45. The summed E-state index contributed by atoms with van der Waals surface area (Å²) >= 11 is 0. The number of rotatable bonds is 4. The number of aliphatic hydroxyl groups excluding tert-OH is 1. The highest BCUT2D eigenvalue weighted by Crippen LogP contribution is 2.29. The first-order chi connectivity index (χ1) is 7.11. The van der Waals surface area contributed by atoms with Gasteiger partial charge in [-0.1, -0.05) is 25.1 Å². The molecular weight excluding hydrogens is 194 g/mol. The lowest BCUT2D eigenvalue weighted by molar-refractivity contribution is -0.386. The molecule has 79 valence electrons. The molecule has 0 heterocycles. The molecule has 0 atom stereocenters. The molecule has 15 heavy (non-hydrogen) atoms. The molecule has 0 saturated carbocycles. The van der Waals surface area contributed by atoms with Crippen molar-refractivity contribution >= 4 is 5.69 Å². The van der Waals surface area contributed by atoms with E-state index in [1.807, 2.05) is 0 Å². The molecule has 4 nitrogen and oxygen atoms in total. The lowest BCUT2D eigenvalue weighted by Gasteiger charge is -2.08. The minimum Gasteiger partial charge on any atom is -0.391 e. The fraction of sp³-hybridized carbons (Fsp3) is 0.182. The SMILES string of the molecule is C=C[C](C)c1cccc(CO)c1[N+](=O)[O-]. The quantitative estimate of drug-likeness (QED) is 0.606. The van der Waals surface area contributed by atoms with Gasteiger partial charge in [0, 0.05) is 11.5 Å². The number of aliphatic hydroxyl groups is 1. The average Bonchev–Trinajstić information content (AvgIpc) is 2.26. The summed E-state index contributed by atoms with van der Waals surface area (Å²) in [4.78, 5) is 10.4. The Labute approximate surface area is 88.0 Å². The van der Waals surface area contributed by atoms with Gasteiger partial charge < -0.3 is 5.11 Å². The van der Waals surface area contributed by atoms with E-state index in [9.17, 15) is 10.1 Å². The smallest absolute Gasteiger partial charge is 0.278 e. The fourth-order valence-corrected chi connectivity index (χ4v) is 1.36. The highest BCUT2D eigenvalue weighted by Gasteiger charge is 2.21. The van der Waals surface area contributed by atoms with Crippen LogP contribution in [-0.2, 0) is 6.61 Å². The van der Waals surface area contributed by atoms with E-state index in [2.05, 4.69) is 6.58 Å². The maximum Gasteiger partial charge on any atom is 0.278 e. The summed E-state index contributed by atoms with van der Waals surface area (Å²) < 4.78 is 0. The summed E-state index contributed by atoms with van der Waals surface area (Å²) in [5.41, 5.74) is 0.776. The number of allylic oxidation sites excluding steroid dienone is 1. The van der Waals surface area contributed by atoms with E-state index in [1.165, 1.54) is 6.07 Å². The first-order valence-corrected chi connectivity index (χ1v) is 4.45. The molecule has 0 fully saturated rings. The van der Waals surface area contributed by atoms with Gasteiger partial charge in [-0.05, 0) is 6.07 Å². The normalized spacial score (nSPS) is 10.3. The van der Waals surface area contributed by atoms with Gasteiger partial charge in [0.2, 0.25) is 0 Å². The Morgan fingerprint density at radius 1 is 1.67 bits per heavy atom. The molecule has 1 aromatic carbocycles. The third kappa shape index (κ3) is 2.22. The first kappa shape index (κ1) is 11.4. The van der Waals surface area contributed by atoms with Crippen LogP contribution in [0.4, 0.5) is 5.69 Å². The van der Waals surface area contributed by atoms with Crippen molar-refractivity contribution in [2.75, 3.05) is 0 Å². The number of nitrogens with zero attached hydrogens (tertiary/aromatic N) is 1. The molecule has 1 N–H and O–H groups in total. The summed E-state index contributed by atoms with van der Waals surface area (Å²) in [5.74, 6) is 0.719. The van der Waals surface area contributed by atoms with Crippen LogP contribution in [0.3, 0.4) is 0 Å². The Kier molecular flexibility index (Phi) is 3.57. The van der Waals surface area contributed by atoms with Crippen LogP contribution < -0.4 is 0 Å². The Bertz CT molecular complexity index is 387. The molecule has 1 rings (SSSR count). The van der Waals surface area contributed by atoms with Crippen LogP contribution in [0.25, 0.3) is 0 Å². The number of benzene rings is 1. The highest BCUT2D eigenvalue weighted by molar-refractivity contribution is 5.55. The standard InChI is InChI=1S/C11H12NO3/c1-3-8(2)10-6-4-5-9(7-13)11(10)12(14)15/h3-6,13H,1,7H2,2H3. The number of nitro groups is 1. The van der Waals surface area contributed by atoms with E-state index >= 15 is 0 Å². The van der Waals surface area contributed by atoms with Crippen LogP contribution in [0.15, 0.2) is 30.9 Å². The second kappa shape index (κ2) is 4.70. The average molecular weight is 206 g/mol. The highest BCUT2D eigenvalue weighted by atomic mass is 16.6. The molecule has 0 unspecified atom stereocenters. The van der Waals surface area contributed by atoms with Gasteiger partial charge in [0.05, 0.1) is 17.1 Å². The summed E-state index contributed by atoms with van der Waals surface area (Å²) in [6.07, 6.45) is 1.56. The number of nitro benzene ring substituents is 1. The van der Waals surface area contributed by atoms with E-state index in [-0.39, 0.29) is 12.3 Å². The summed E-state index contributed by atoms with van der Waals surface area (Å²) in [6.45, 7) is 4.98. The lowest BCUT2D eigenvalue weighted by atomic mass is 9.97. The zero-order valence-electron chi connectivity index (χ0n) is 8.43. The molecule has 0 aliphatic rings. The molecule has 1 radical (unpaired) electrons. The van der Waals surface area contributed by atoms with E-state index < -0.39 is 4.92 Å². The predicted octanol–water partition coefficient (Wildman–Crippen LogP) is 2.22. The van der Waals surface area contributed by atoms with Crippen molar-refractivity contribution in [3.8, 4) is 0 Å². The van der Waals surface area contributed by atoms with Gasteiger partial charge in [0.15, 0.2) is 0 Å². The van der Waals surface area contributed by atoms with Crippen molar-refractivity contribution in [2.24, 2.45) is 0 Å². The minimum absolute atomic E-state index is 0.0441. The number of hydrogen-bond acceptors (Lipinski definition) is 3. The molecule has 0 saturated heterocycles. The minimum atomic E-state index is -0.478. The molecule has 1 aromatic rings. The van der Waals surface area contributed by atoms with Crippen molar-refractivity contribution < 1.29 is 10.0 Å². The van der Waals surface area contributed by atoms with E-state index in [0.29, 0.717) is 11.1 Å². The van der Waals surface area contributed by atoms with E-state index in [0.717, 1.165) is 5.92 Å². The van der Waals surface area contributed by atoms with Crippen LogP contribution in [-0.4, -0.2) is 10.0 Å². The van der Waals surface area contributed by atoms with E-state index in [4.69, 9.17) is 5.11 Å². The summed E-state index contributed by atoms with van der Waals surface area (Å²) in [7, 11) is 0. The van der Waals surface area contributed by atoms with Crippen molar-refractivity contribution in [1.29, 1.82) is 0 Å². The van der Waals surface area contributed by atoms with Crippen molar-refractivity contribution in [3.05, 3.63) is 58.0 Å². The van der Waals surface area contributed by atoms with Crippen LogP contribution in [0, 0.1) is 16.0 Å². The van der Waals surface area contributed by atoms with Crippen LogP contribution >= 0.6 is 0 Å². The molecule has 0 amide bonds. The Hall–Kier alpha value is -1.68. The molecule has 0 aliphatic heterocycles. The number of para-hydroxylation sites is 1. The van der Waals surface area contributed by atoms with Crippen LogP contribution in [0.5, 0.6) is 0 Å². The van der Waals surface area contributed by atoms with Crippen molar-refractivity contribution in [1.82, 2.24) is 0 Å². The van der Waals surface area contributed by atoms with Crippen molar-refractivity contribution in [3.63, 3.8) is 0 Å². The second-order valence-corrected chi connectivity index (χ2v) is 3.12. The van der Waals surface area contributed by atoms with Gasteiger partial charge in [-0.2, -0.15) is 0 Å². The fourth-order valence-electron chi connectivity index (χ4n) is 1.36. The maximum absolute atomic E-state index is 10.9. The maximum atomic E-state index is 10.9. The zero-order valence-corrected chi connectivity index (χ0v) is 8.43. The van der Waals surface area contributed by atoms with Gasteiger partial charge in [-0.25, -0.2) is 0 Å². The third-order valence-electron chi connectivity index (χ3n) is 2.20. The molecular formula is C11H12NO3. The molecule has 0 spiro atoms. The van der Waals surface area contributed by atoms with E-state index in [1.54, 1.807) is 25.1 Å². The molecule has 0 bridgehead atoms. The molecule has 4 heteroatoms. The Morgan fingerprint density at radius 3 is 2.80 bits per heavy atom. The summed E-state index contributed by atoms with van der Waals surface area (Å²) in [6, 6.07) is 4.87. The molecule has 0 aromatic heterocycles. The molecule has 0 aliphatic carbocycles. The van der Waals surface area contributed by atoms with Gasteiger partial charge in [0.25, 0.3) is 5.69 Å². The second-order valence-electron chi connectivity index (χ2n) is 3.12.